The van der Waals surface area contributed by atoms with Crippen LogP contribution in [0.25, 0.3) is 11.4 Å². The second-order valence-electron chi connectivity index (χ2n) is 7.00. The number of hydrogen-bond donors (Lipinski definition) is 2. The van der Waals surface area contributed by atoms with Crippen LogP contribution in [-0.4, -0.2) is 39.9 Å². The quantitative estimate of drug-likeness (QED) is 0.401. The number of carbonyl (C=O) groups is 2. The number of amides is 1. The number of aliphatic hydroxyl groups is 1. The molecule has 0 aliphatic rings. The average molecular weight is 449 g/mol. The molecule has 170 valence electrons. The highest BCUT2D eigenvalue weighted by Gasteiger charge is 2.22. The number of ether oxygens (including phenoxy) is 2. The molecule has 0 aliphatic heterocycles. The van der Waals surface area contributed by atoms with Gasteiger partial charge in [0.2, 0.25) is 0 Å². The molecule has 3 rings (SSSR count). The molecule has 1 unspecified atom stereocenters. The van der Waals surface area contributed by atoms with Crippen molar-refractivity contribution >= 4 is 17.7 Å². The number of nitrogens with one attached hydrogen (secondary N) is 1. The van der Waals surface area contributed by atoms with Crippen LogP contribution in [-0.2, 0) is 27.4 Å². The van der Waals surface area contributed by atoms with E-state index in [0.717, 1.165) is 17.2 Å². The smallest absolute Gasteiger partial charge is 0.412 e. The van der Waals surface area contributed by atoms with Gasteiger partial charge in [0.25, 0.3) is 5.56 Å². The molecule has 1 amide bonds. The Hall–Kier alpha value is -4.24. The van der Waals surface area contributed by atoms with Crippen LogP contribution >= 0.6 is 0 Å². The normalized spacial score (nSPS) is 11.3. The third kappa shape index (κ3) is 5.92. The molecule has 9 heteroatoms. The highest BCUT2D eigenvalue weighted by Crippen LogP contribution is 2.18. The molecule has 0 aliphatic carbocycles. The zero-order chi connectivity index (χ0) is 23.8. The van der Waals surface area contributed by atoms with Gasteiger partial charge in [-0.1, -0.05) is 67.2 Å². The average Bonchev–Trinajstić information content (AvgIpc) is 2.85. The highest BCUT2D eigenvalue weighted by molar-refractivity contribution is 5.88. The predicted molar refractivity (Wildman–Crippen MR) is 121 cm³/mol. The standard InChI is InChI=1S/C24H23N3O6/c1-16(23(30)32-2)20(28)14-27-21(18-11-7-4-8-12-18)25-13-19(22(27)29)26-24(31)33-15-17-9-5-3-6-10-17/h3-13,20,28H,1,14-15H2,2H3,(H,26,31). The van der Waals surface area contributed by atoms with Crippen molar-refractivity contribution in [3.8, 4) is 11.4 Å². The summed E-state index contributed by atoms with van der Waals surface area (Å²) >= 11 is 0. The van der Waals surface area contributed by atoms with Crippen LogP contribution in [0.3, 0.4) is 0 Å². The first-order valence-corrected chi connectivity index (χ1v) is 9.99. The fraction of sp³-hybridized carbons (Fsp3) is 0.167. The number of rotatable bonds is 8. The minimum Gasteiger partial charge on any atom is -0.466 e. The summed E-state index contributed by atoms with van der Waals surface area (Å²) in [5.41, 5.74) is 0.376. The molecule has 0 bridgehead atoms. The summed E-state index contributed by atoms with van der Waals surface area (Å²) in [6.07, 6.45) is -1.04. The Labute approximate surface area is 189 Å². The number of hydrogen-bond acceptors (Lipinski definition) is 7. The second-order valence-corrected chi connectivity index (χ2v) is 7.00. The highest BCUT2D eigenvalue weighted by atomic mass is 16.5. The topological polar surface area (TPSA) is 120 Å². The SMILES string of the molecule is C=C(C(=O)OC)C(O)Cn1c(-c2ccccc2)ncc(NC(=O)OCc2ccccc2)c1=O. The second kappa shape index (κ2) is 10.9. The summed E-state index contributed by atoms with van der Waals surface area (Å²) in [6.45, 7) is 3.21. The Morgan fingerprint density at radius 3 is 2.39 bits per heavy atom. The van der Waals surface area contributed by atoms with Crippen molar-refractivity contribution in [2.75, 3.05) is 12.4 Å². The zero-order valence-corrected chi connectivity index (χ0v) is 17.9. The van der Waals surface area contributed by atoms with Crippen molar-refractivity contribution in [2.45, 2.75) is 19.3 Å². The minimum absolute atomic E-state index is 0.0219. The molecule has 3 aromatic rings. The summed E-state index contributed by atoms with van der Waals surface area (Å²) in [5, 5.41) is 12.8. The largest absolute Gasteiger partial charge is 0.466 e. The zero-order valence-electron chi connectivity index (χ0n) is 17.9. The number of anilines is 1. The summed E-state index contributed by atoms with van der Waals surface area (Å²) in [4.78, 5) is 41.4. The van der Waals surface area contributed by atoms with E-state index in [1.807, 2.05) is 18.2 Å². The maximum Gasteiger partial charge on any atom is 0.412 e. The number of carbonyl (C=O) groups excluding carboxylic acids is 2. The van der Waals surface area contributed by atoms with E-state index in [1.165, 1.54) is 6.20 Å². The molecule has 0 spiro atoms. The first-order chi connectivity index (χ1) is 15.9. The maximum atomic E-state index is 13.2. The van der Waals surface area contributed by atoms with Crippen LogP contribution in [0.15, 0.2) is 83.8 Å². The van der Waals surface area contributed by atoms with Crippen LogP contribution in [0, 0.1) is 0 Å². The van der Waals surface area contributed by atoms with Crippen molar-refractivity contribution in [1.82, 2.24) is 9.55 Å². The molecule has 0 saturated heterocycles. The van der Waals surface area contributed by atoms with Gasteiger partial charge in [-0.25, -0.2) is 14.6 Å². The van der Waals surface area contributed by atoms with Crippen LogP contribution in [0.1, 0.15) is 5.56 Å². The molecule has 2 N–H and O–H groups in total. The summed E-state index contributed by atoms with van der Waals surface area (Å²) in [6, 6.07) is 17.9. The van der Waals surface area contributed by atoms with Gasteiger partial charge in [-0.15, -0.1) is 0 Å². The molecule has 0 radical (unpaired) electrons. The van der Waals surface area contributed by atoms with Gasteiger partial charge in [-0.05, 0) is 5.56 Å². The van der Waals surface area contributed by atoms with Crippen LogP contribution in [0.4, 0.5) is 10.5 Å². The van der Waals surface area contributed by atoms with Crippen molar-refractivity contribution in [3.05, 3.63) is 94.9 Å². The molecule has 1 heterocycles. The van der Waals surface area contributed by atoms with E-state index in [4.69, 9.17) is 4.74 Å². The lowest BCUT2D eigenvalue weighted by Crippen LogP contribution is -2.33. The van der Waals surface area contributed by atoms with Crippen LogP contribution in [0.2, 0.25) is 0 Å². The van der Waals surface area contributed by atoms with Gasteiger partial charge in [-0.2, -0.15) is 0 Å². The van der Waals surface area contributed by atoms with Gasteiger partial charge in [0.15, 0.2) is 0 Å². The first-order valence-electron chi connectivity index (χ1n) is 9.99. The summed E-state index contributed by atoms with van der Waals surface area (Å²) in [7, 11) is 1.16. The maximum absolute atomic E-state index is 13.2. The Balaban J connectivity index is 1.87. The lowest BCUT2D eigenvalue weighted by molar-refractivity contribution is -0.137. The van der Waals surface area contributed by atoms with E-state index in [1.54, 1.807) is 42.5 Å². The monoisotopic (exact) mass is 449 g/mol. The minimum atomic E-state index is -1.42. The Kier molecular flexibility index (Phi) is 7.72. The van der Waals surface area contributed by atoms with E-state index < -0.39 is 23.7 Å². The number of methoxy groups -OCH3 is 1. The number of nitrogens with zero attached hydrogens (tertiary/aromatic N) is 2. The molecule has 9 nitrogen and oxygen atoms in total. The Morgan fingerprint density at radius 1 is 1.12 bits per heavy atom. The van der Waals surface area contributed by atoms with Crippen molar-refractivity contribution in [3.63, 3.8) is 0 Å². The first kappa shape index (κ1) is 23.4. The molecule has 0 saturated carbocycles. The van der Waals surface area contributed by atoms with Gasteiger partial charge in [0, 0.05) is 5.56 Å². The van der Waals surface area contributed by atoms with Crippen molar-refractivity contribution in [1.29, 1.82) is 0 Å². The molecular formula is C24H23N3O6. The summed E-state index contributed by atoms with van der Waals surface area (Å²) < 4.78 is 10.9. The van der Waals surface area contributed by atoms with E-state index in [9.17, 15) is 19.5 Å². The molecule has 1 atom stereocenters. The van der Waals surface area contributed by atoms with Gasteiger partial charge in [0.1, 0.15) is 24.2 Å². The predicted octanol–water partition coefficient (Wildman–Crippen LogP) is 2.75. The van der Waals surface area contributed by atoms with Gasteiger partial charge >= 0.3 is 12.1 Å². The number of esters is 1. The molecular weight excluding hydrogens is 426 g/mol. The van der Waals surface area contributed by atoms with E-state index in [2.05, 4.69) is 21.6 Å². The third-order valence-electron chi connectivity index (χ3n) is 4.73. The number of aromatic nitrogens is 2. The lowest BCUT2D eigenvalue weighted by Gasteiger charge is -2.18. The molecule has 1 aromatic heterocycles. The fourth-order valence-electron chi connectivity index (χ4n) is 2.98. The number of benzene rings is 2. The van der Waals surface area contributed by atoms with Crippen molar-refractivity contribution in [2.24, 2.45) is 0 Å². The van der Waals surface area contributed by atoms with E-state index >= 15 is 0 Å². The fourth-order valence-corrected chi connectivity index (χ4v) is 2.98. The van der Waals surface area contributed by atoms with E-state index in [-0.39, 0.29) is 30.2 Å². The van der Waals surface area contributed by atoms with Crippen LogP contribution < -0.4 is 10.9 Å². The third-order valence-corrected chi connectivity index (χ3v) is 4.73. The molecule has 33 heavy (non-hydrogen) atoms. The van der Waals surface area contributed by atoms with Gasteiger partial charge < -0.3 is 14.6 Å². The lowest BCUT2D eigenvalue weighted by atomic mass is 10.1. The molecule has 0 fully saturated rings. The van der Waals surface area contributed by atoms with Gasteiger partial charge in [0.05, 0.1) is 25.4 Å². The van der Waals surface area contributed by atoms with Crippen molar-refractivity contribution < 1.29 is 24.2 Å². The molecule has 2 aromatic carbocycles. The number of aliphatic hydroxyl groups excluding tert-OH is 1. The Bertz CT molecular complexity index is 1190. The Morgan fingerprint density at radius 2 is 1.76 bits per heavy atom. The van der Waals surface area contributed by atoms with Gasteiger partial charge in [-0.3, -0.25) is 14.7 Å². The van der Waals surface area contributed by atoms with Crippen LogP contribution in [0.5, 0.6) is 0 Å². The van der Waals surface area contributed by atoms with E-state index in [0.29, 0.717) is 5.56 Å². The summed E-state index contributed by atoms with van der Waals surface area (Å²) in [5.74, 6) is -0.566.